The van der Waals surface area contributed by atoms with Crippen molar-refractivity contribution in [2.24, 2.45) is 5.92 Å². The molecule has 3 rings (SSSR count). The van der Waals surface area contributed by atoms with E-state index in [1.807, 2.05) is 42.0 Å². The Morgan fingerprint density at radius 1 is 1.38 bits per heavy atom. The van der Waals surface area contributed by atoms with E-state index in [1.165, 1.54) is 18.4 Å². The third kappa shape index (κ3) is 3.60. The van der Waals surface area contributed by atoms with Crippen LogP contribution in [0.1, 0.15) is 25.3 Å². The van der Waals surface area contributed by atoms with E-state index in [4.69, 9.17) is 0 Å². The molecule has 4 nitrogen and oxygen atoms in total. The lowest BCUT2D eigenvalue weighted by atomic mass is 10.1. The number of carbonyl (C=O) groups is 1. The van der Waals surface area contributed by atoms with Crippen LogP contribution in [0.3, 0.4) is 0 Å². The molecule has 0 unspecified atom stereocenters. The van der Waals surface area contributed by atoms with Crippen molar-refractivity contribution in [3.63, 3.8) is 0 Å². The Kier molecular flexibility index (Phi) is 3.86. The number of nitrogens with one attached hydrogen (secondary N) is 1. The Labute approximate surface area is 124 Å². The largest absolute Gasteiger partial charge is 0.348 e. The number of allylic oxidation sites excluding steroid dienone is 1. The number of hydrogen-bond acceptors (Lipinski definition) is 2. The second kappa shape index (κ2) is 5.95. The highest BCUT2D eigenvalue weighted by Gasteiger charge is 2.23. The maximum atomic E-state index is 11.8. The molecule has 0 saturated heterocycles. The third-order valence-electron chi connectivity index (χ3n) is 3.79. The molecule has 0 aliphatic heterocycles. The van der Waals surface area contributed by atoms with Crippen LogP contribution in [-0.2, 0) is 11.3 Å². The quantitative estimate of drug-likeness (QED) is 0.857. The number of amides is 1. The Morgan fingerprint density at radius 3 is 2.76 bits per heavy atom. The topological polar surface area (TPSA) is 46.9 Å². The molecule has 1 aromatic heterocycles. The highest BCUT2D eigenvalue weighted by atomic mass is 16.1. The van der Waals surface area contributed by atoms with Gasteiger partial charge in [0.1, 0.15) is 0 Å². The predicted molar refractivity (Wildman–Crippen MR) is 81.9 cm³/mol. The van der Waals surface area contributed by atoms with Gasteiger partial charge in [0.05, 0.1) is 6.33 Å². The van der Waals surface area contributed by atoms with Crippen molar-refractivity contribution in [1.82, 2.24) is 14.9 Å². The van der Waals surface area contributed by atoms with Gasteiger partial charge in [-0.15, -0.1) is 0 Å². The van der Waals surface area contributed by atoms with Crippen LogP contribution in [0.2, 0.25) is 0 Å². The standard InChI is InChI=1S/C17H19N3O/c1-13(15-4-5-15)10-17(21)19-11-14-2-6-16(7-3-14)20-9-8-18-12-20/h2-3,6-10,12,15H,4-5,11H2,1H3,(H,19,21)/b13-10+. The first-order valence-corrected chi connectivity index (χ1v) is 7.25. The summed E-state index contributed by atoms with van der Waals surface area (Å²) >= 11 is 0. The normalized spacial score (nSPS) is 15.0. The van der Waals surface area contributed by atoms with Crippen LogP contribution < -0.4 is 5.32 Å². The Balaban J connectivity index is 1.56. The third-order valence-corrected chi connectivity index (χ3v) is 3.79. The van der Waals surface area contributed by atoms with E-state index >= 15 is 0 Å². The molecule has 21 heavy (non-hydrogen) atoms. The van der Waals surface area contributed by atoms with E-state index in [2.05, 4.69) is 10.3 Å². The van der Waals surface area contributed by atoms with E-state index in [-0.39, 0.29) is 5.91 Å². The van der Waals surface area contributed by atoms with Crippen molar-refractivity contribution in [2.75, 3.05) is 0 Å². The van der Waals surface area contributed by atoms with Crippen molar-refractivity contribution in [3.8, 4) is 5.69 Å². The fourth-order valence-corrected chi connectivity index (χ4v) is 2.30. The van der Waals surface area contributed by atoms with E-state index < -0.39 is 0 Å². The summed E-state index contributed by atoms with van der Waals surface area (Å²) in [7, 11) is 0. The summed E-state index contributed by atoms with van der Waals surface area (Å²) < 4.78 is 1.95. The van der Waals surface area contributed by atoms with Gasteiger partial charge >= 0.3 is 0 Å². The number of carbonyl (C=O) groups excluding carboxylic acids is 1. The molecule has 1 amide bonds. The molecule has 0 bridgehead atoms. The van der Waals surface area contributed by atoms with E-state index in [0.717, 1.165) is 11.3 Å². The monoisotopic (exact) mass is 281 g/mol. The lowest BCUT2D eigenvalue weighted by Gasteiger charge is -2.06. The van der Waals surface area contributed by atoms with Crippen molar-refractivity contribution in [2.45, 2.75) is 26.3 Å². The van der Waals surface area contributed by atoms with Crippen LogP contribution in [0.4, 0.5) is 0 Å². The van der Waals surface area contributed by atoms with Gasteiger partial charge in [-0.25, -0.2) is 4.98 Å². The minimum absolute atomic E-state index is 0.00177. The number of aromatic nitrogens is 2. The van der Waals surface area contributed by atoms with Crippen molar-refractivity contribution in [1.29, 1.82) is 0 Å². The molecule has 0 atom stereocenters. The predicted octanol–water partition coefficient (Wildman–Crippen LogP) is 2.84. The summed E-state index contributed by atoms with van der Waals surface area (Å²) in [5.41, 5.74) is 3.35. The lowest BCUT2D eigenvalue weighted by molar-refractivity contribution is -0.116. The van der Waals surface area contributed by atoms with Gasteiger partial charge in [-0.2, -0.15) is 0 Å². The van der Waals surface area contributed by atoms with Gasteiger partial charge in [0.2, 0.25) is 5.91 Å². The number of nitrogens with zero attached hydrogens (tertiary/aromatic N) is 2. The lowest BCUT2D eigenvalue weighted by Crippen LogP contribution is -2.20. The van der Waals surface area contributed by atoms with E-state index in [1.54, 1.807) is 18.6 Å². The van der Waals surface area contributed by atoms with Crippen LogP contribution in [0, 0.1) is 5.92 Å². The molecule has 2 aromatic rings. The maximum Gasteiger partial charge on any atom is 0.244 e. The highest BCUT2D eigenvalue weighted by molar-refractivity contribution is 5.88. The zero-order valence-corrected chi connectivity index (χ0v) is 12.1. The van der Waals surface area contributed by atoms with Crippen molar-refractivity contribution < 1.29 is 4.79 Å². The fraction of sp³-hybridized carbons (Fsp3) is 0.294. The van der Waals surface area contributed by atoms with Gasteiger partial charge < -0.3 is 9.88 Å². The molecule has 0 radical (unpaired) electrons. The molecule has 4 heteroatoms. The van der Waals surface area contributed by atoms with Gasteiger partial charge in [-0.1, -0.05) is 17.7 Å². The van der Waals surface area contributed by atoms with Gasteiger partial charge in [-0.05, 0) is 43.4 Å². The second-order valence-corrected chi connectivity index (χ2v) is 5.52. The van der Waals surface area contributed by atoms with Crippen molar-refractivity contribution in [3.05, 3.63) is 60.2 Å². The summed E-state index contributed by atoms with van der Waals surface area (Å²) in [6.07, 6.45) is 9.61. The van der Waals surface area contributed by atoms with Crippen LogP contribution in [0.5, 0.6) is 0 Å². The summed E-state index contributed by atoms with van der Waals surface area (Å²) in [4.78, 5) is 15.8. The molecular formula is C17H19N3O. The van der Waals surface area contributed by atoms with Gasteiger partial charge in [-0.3, -0.25) is 4.79 Å². The Bertz CT molecular complexity index is 637. The first-order valence-electron chi connectivity index (χ1n) is 7.25. The van der Waals surface area contributed by atoms with Crippen LogP contribution in [-0.4, -0.2) is 15.5 Å². The Hall–Kier alpha value is -2.36. The zero-order valence-electron chi connectivity index (χ0n) is 12.1. The average Bonchev–Trinajstić information content (AvgIpc) is 3.21. The molecule has 0 spiro atoms. The fourth-order valence-electron chi connectivity index (χ4n) is 2.30. The smallest absolute Gasteiger partial charge is 0.244 e. The van der Waals surface area contributed by atoms with Crippen LogP contribution in [0.15, 0.2) is 54.6 Å². The zero-order chi connectivity index (χ0) is 14.7. The average molecular weight is 281 g/mol. The molecule has 1 aliphatic rings. The molecule has 1 aliphatic carbocycles. The van der Waals surface area contributed by atoms with Gasteiger partial charge in [0, 0.05) is 30.7 Å². The first-order chi connectivity index (χ1) is 10.2. The van der Waals surface area contributed by atoms with E-state index in [9.17, 15) is 4.79 Å². The molecule has 1 N–H and O–H groups in total. The Morgan fingerprint density at radius 2 is 2.14 bits per heavy atom. The van der Waals surface area contributed by atoms with Gasteiger partial charge in [0.25, 0.3) is 0 Å². The molecule has 1 heterocycles. The first kappa shape index (κ1) is 13.6. The molecule has 1 fully saturated rings. The van der Waals surface area contributed by atoms with Gasteiger partial charge in [0.15, 0.2) is 0 Å². The molecule has 108 valence electrons. The molecular weight excluding hydrogens is 262 g/mol. The second-order valence-electron chi connectivity index (χ2n) is 5.52. The summed E-state index contributed by atoms with van der Waals surface area (Å²) in [5.74, 6) is 0.642. The molecule has 1 aromatic carbocycles. The maximum absolute atomic E-state index is 11.8. The van der Waals surface area contributed by atoms with E-state index in [0.29, 0.717) is 12.5 Å². The van der Waals surface area contributed by atoms with Crippen molar-refractivity contribution >= 4 is 5.91 Å². The molecule has 1 saturated carbocycles. The number of benzene rings is 1. The minimum Gasteiger partial charge on any atom is -0.348 e. The van der Waals surface area contributed by atoms with Crippen LogP contribution in [0.25, 0.3) is 5.69 Å². The summed E-state index contributed by atoms with van der Waals surface area (Å²) in [6.45, 7) is 2.59. The summed E-state index contributed by atoms with van der Waals surface area (Å²) in [5, 5.41) is 2.93. The SMILES string of the molecule is C/C(=C\C(=O)NCc1ccc(-n2ccnc2)cc1)C1CC1. The number of rotatable bonds is 5. The van der Waals surface area contributed by atoms with Crippen LogP contribution >= 0.6 is 0 Å². The highest BCUT2D eigenvalue weighted by Crippen LogP contribution is 2.35. The minimum atomic E-state index is -0.00177. The summed E-state index contributed by atoms with van der Waals surface area (Å²) in [6, 6.07) is 8.09. The number of hydrogen-bond donors (Lipinski definition) is 1. The number of imidazole rings is 1.